The van der Waals surface area contributed by atoms with Gasteiger partial charge in [-0.15, -0.1) is 0 Å². The van der Waals surface area contributed by atoms with Gasteiger partial charge in [0, 0.05) is 37.7 Å². The maximum atomic E-state index is 13.5. The first-order chi connectivity index (χ1) is 11.6. The average molecular weight is 328 g/mol. The Bertz CT molecular complexity index is 580. The molecule has 0 aromatic carbocycles. The number of carbonyl (C=O) groups excluding carboxylic acids is 1. The largest absolute Gasteiger partial charge is 0.296 e. The first-order valence-corrected chi connectivity index (χ1v) is 9.47. The van der Waals surface area contributed by atoms with Crippen LogP contribution in [0.2, 0.25) is 0 Å². The van der Waals surface area contributed by atoms with Crippen molar-refractivity contribution >= 4 is 5.78 Å². The van der Waals surface area contributed by atoms with Gasteiger partial charge in [0.1, 0.15) is 0 Å². The van der Waals surface area contributed by atoms with E-state index in [1.54, 1.807) is 0 Å². The molecule has 24 heavy (non-hydrogen) atoms. The molecule has 0 N–H and O–H groups in total. The Balaban J connectivity index is 2.08. The van der Waals surface area contributed by atoms with Crippen LogP contribution in [-0.4, -0.2) is 41.0 Å². The van der Waals surface area contributed by atoms with Gasteiger partial charge in [-0.2, -0.15) is 0 Å². The lowest BCUT2D eigenvalue weighted by molar-refractivity contribution is -0.143. The van der Waals surface area contributed by atoms with E-state index in [2.05, 4.69) is 17.9 Å². The van der Waals surface area contributed by atoms with Crippen LogP contribution in [0.5, 0.6) is 0 Å². The Hall–Kier alpha value is -1.26. The van der Waals surface area contributed by atoms with E-state index in [0.717, 1.165) is 51.0 Å². The quantitative estimate of drug-likeness (QED) is 0.852. The van der Waals surface area contributed by atoms with Crippen LogP contribution >= 0.6 is 0 Å². The predicted molar refractivity (Wildman–Crippen MR) is 96.0 cm³/mol. The zero-order valence-electron chi connectivity index (χ0n) is 15.3. The fraction of sp³-hybridized carbons (Fsp3) is 0.700. The molecule has 2 saturated heterocycles. The van der Waals surface area contributed by atoms with Crippen LogP contribution in [0, 0.1) is 12.8 Å². The molecule has 2 aliphatic heterocycles. The first kappa shape index (κ1) is 17.6. The van der Waals surface area contributed by atoms with E-state index in [0.29, 0.717) is 0 Å². The summed E-state index contributed by atoms with van der Waals surface area (Å²) in [6.45, 7) is 8.88. The minimum absolute atomic E-state index is 0.0136. The van der Waals surface area contributed by atoms with E-state index in [1.165, 1.54) is 12.0 Å². The van der Waals surface area contributed by atoms with Gasteiger partial charge >= 0.3 is 0 Å². The van der Waals surface area contributed by atoms with Crippen molar-refractivity contribution in [1.82, 2.24) is 15.2 Å². The van der Waals surface area contributed by atoms with Gasteiger partial charge in [-0.3, -0.25) is 14.7 Å². The van der Waals surface area contributed by atoms with Gasteiger partial charge < -0.3 is 0 Å². The van der Waals surface area contributed by atoms with Gasteiger partial charge in [-0.1, -0.05) is 26.3 Å². The first-order valence-electron chi connectivity index (χ1n) is 9.47. The van der Waals surface area contributed by atoms with Crippen molar-refractivity contribution in [3.05, 3.63) is 29.6 Å². The SMILES string of the molecule is Cc1cccnc1C1CCC[N]C1(C(=O)C(C)C)N1CCCCC1. The highest BCUT2D eigenvalue weighted by molar-refractivity contribution is 5.91. The summed E-state index contributed by atoms with van der Waals surface area (Å²) in [6.07, 6.45) is 7.48. The molecule has 3 rings (SSSR count). The summed E-state index contributed by atoms with van der Waals surface area (Å²) in [5, 5.41) is 5.04. The van der Waals surface area contributed by atoms with Crippen LogP contribution in [0.15, 0.2) is 18.3 Å². The molecule has 0 saturated carbocycles. The topological polar surface area (TPSA) is 47.3 Å². The molecule has 0 amide bonds. The summed E-state index contributed by atoms with van der Waals surface area (Å²) >= 11 is 0. The summed E-state index contributed by atoms with van der Waals surface area (Å²) in [5.41, 5.74) is 1.55. The standard InChI is InChI=1S/C20H30N3O/c1-15(2)19(24)20(23-13-5-4-6-14-23)17(10-8-12-22-20)18-16(3)9-7-11-21-18/h7,9,11,15,17H,4-6,8,10,12-14H2,1-3H3. The van der Waals surface area contributed by atoms with Gasteiger partial charge in [0.15, 0.2) is 11.4 Å². The molecule has 1 aromatic rings. The molecule has 0 aliphatic carbocycles. The number of aryl methyl sites for hydroxylation is 1. The van der Waals surface area contributed by atoms with Crippen molar-refractivity contribution in [3.63, 3.8) is 0 Å². The third kappa shape index (κ3) is 3.02. The van der Waals surface area contributed by atoms with Crippen molar-refractivity contribution in [2.24, 2.45) is 5.92 Å². The van der Waals surface area contributed by atoms with Crippen molar-refractivity contribution in [1.29, 1.82) is 0 Å². The summed E-state index contributed by atoms with van der Waals surface area (Å²) in [5.74, 6) is 0.347. The molecule has 4 nitrogen and oxygen atoms in total. The molecule has 0 bridgehead atoms. The fourth-order valence-electron chi connectivity index (χ4n) is 4.43. The third-order valence-corrected chi connectivity index (χ3v) is 5.59. The molecule has 2 fully saturated rings. The predicted octanol–water partition coefficient (Wildman–Crippen LogP) is 3.28. The average Bonchev–Trinajstić information content (AvgIpc) is 2.62. The highest BCUT2D eigenvalue weighted by Crippen LogP contribution is 2.42. The van der Waals surface area contributed by atoms with Gasteiger partial charge in [-0.05, 0) is 44.2 Å². The number of hydrogen-bond donors (Lipinski definition) is 0. The zero-order valence-corrected chi connectivity index (χ0v) is 15.3. The minimum Gasteiger partial charge on any atom is -0.296 e. The van der Waals surface area contributed by atoms with Crippen LogP contribution in [0.1, 0.15) is 63.1 Å². The van der Waals surface area contributed by atoms with E-state index in [-0.39, 0.29) is 17.6 Å². The number of piperidine rings is 2. The number of carbonyl (C=O) groups is 1. The number of Topliss-reactive ketones (excluding diaryl/α,β-unsaturated/α-hetero) is 1. The Labute approximate surface area is 146 Å². The third-order valence-electron chi connectivity index (χ3n) is 5.59. The number of ketones is 1. The summed E-state index contributed by atoms with van der Waals surface area (Å²) in [6, 6.07) is 4.09. The smallest absolute Gasteiger partial charge is 0.172 e. The molecule has 1 aromatic heterocycles. The Morgan fingerprint density at radius 3 is 2.67 bits per heavy atom. The highest BCUT2D eigenvalue weighted by atomic mass is 16.1. The van der Waals surface area contributed by atoms with Gasteiger partial charge in [-0.25, -0.2) is 5.32 Å². The second-order valence-corrected chi connectivity index (χ2v) is 7.57. The lowest BCUT2D eigenvalue weighted by Gasteiger charge is -2.51. The number of aromatic nitrogens is 1. The summed E-state index contributed by atoms with van der Waals surface area (Å²) in [4.78, 5) is 20.5. The monoisotopic (exact) mass is 328 g/mol. The molecule has 1 radical (unpaired) electrons. The maximum Gasteiger partial charge on any atom is 0.172 e. The molecular weight excluding hydrogens is 298 g/mol. The van der Waals surface area contributed by atoms with E-state index in [9.17, 15) is 4.79 Å². The molecular formula is C20H30N3O. The maximum absolute atomic E-state index is 13.5. The number of rotatable bonds is 4. The second-order valence-electron chi connectivity index (χ2n) is 7.57. The fourth-order valence-corrected chi connectivity index (χ4v) is 4.43. The van der Waals surface area contributed by atoms with Crippen LogP contribution in [0.25, 0.3) is 0 Å². The second kappa shape index (κ2) is 7.32. The van der Waals surface area contributed by atoms with E-state index < -0.39 is 5.66 Å². The molecule has 0 spiro atoms. The van der Waals surface area contributed by atoms with Gasteiger partial charge in [0.2, 0.25) is 0 Å². The van der Waals surface area contributed by atoms with Crippen LogP contribution in [0.4, 0.5) is 0 Å². The number of pyridine rings is 1. The van der Waals surface area contributed by atoms with Crippen molar-refractivity contribution in [3.8, 4) is 0 Å². The lowest BCUT2D eigenvalue weighted by Crippen LogP contribution is -2.68. The Morgan fingerprint density at radius 1 is 1.25 bits per heavy atom. The molecule has 2 aliphatic rings. The summed E-state index contributed by atoms with van der Waals surface area (Å²) < 4.78 is 0. The van der Waals surface area contributed by atoms with Crippen molar-refractivity contribution in [2.45, 2.75) is 64.5 Å². The number of likely N-dealkylation sites (tertiary alicyclic amines) is 1. The molecule has 2 atom stereocenters. The molecule has 3 heterocycles. The zero-order chi connectivity index (χ0) is 17.2. The number of hydrogen-bond acceptors (Lipinski definition) is 3. The van der Waals surface area contributed by atoms with E-state index in [4.69, 9.17) is 10.3 Å². The van der Waals surface area contributed by atoms with Gasteiger partial charge in [0.05, 0.1) is 5.69 Å². The van der Waals surface area contributed by atoms with E-state index >= 15 is 0 Å². The van der Waals surface area contributed by atoms with E-state index in [1.807, 2.05) is 26.1 Å². The summed E-state index contributed by atoms with van der Waals surface area (Å²) in [7, 11) is 0. The molecule has 4 heteroatoms. The molecule has 131 valence electrons. The Kier molecular flexibility index (Phi) is 5.36. The van der Waals surface area contributed by atoms with Gasteiger partial charge in [0.25, 0.3) is 0 Å². The highest BCUT2D eigenvalue weighted by Gasteiger charge is 2.54. The number of nitrogens with zero attached hydrogens (tertiary/aromatic N) is 3. The van der Waals surface area contributed by atoms with Crippen molar-refractivity contribution in [2.75, 3.05) is 19.6 Å². The van der Waals surface area contributed by atoms with Crippen LogP contribution in [-0.2, 0) is 4.79 Å². The minimum atomic E-state index is -0.702. The lowest BCUT2D eigenvalue weighted by atomic mass is 9.74. The normalized spacial score (nSPS) is 28.9. The van der Waals surface area contributed by atoms with Crippen LogP contribution < -0.4 is 5.32 Å². The Morgan fingerprint density at radius 2 is 2.00 bits per heavy atom. The molecule has 2 unspecified atom stereocenters. The van der Waals surface area contributed by atoms with Crippen LogP contribution in [0.3, 0.4) is 0 Å². The van der Waals surface area contributed by atoms with Crippen molar-refractivity contribution < 1.29 is 4.79 Å².